The smallest absolute Gasteiger partial charge is 0.481 e. The van der Waals surface area contributed by atoms with Gasteiger partial charge in [-0.25, -0.2) is 9.59 Å². The van der Waals surface area contributed by atoms with Crippen molar-refractivity contribution in [1.82, 2.24) is 10.6 Å². The van der Waals surface area contributed by atoms with Crippen LogP contribution < -0.4 is 15.4 Å². The van der Waals surface area contributed by atoms with Crippen LogP contribution in [-0.4, -0.2) is 71.2 Å². The van der Waals surface area contributed by atoms with Gasteiger partial charge in [0.15, 0.2) is 0 Å². The molecular formula is C22H27F3N3O7+. The Hall–Kier alpha value is -3.48. The molecule has 1 aliphatic rings. The minimum absolute atomic E-state index is 0.0518. The Morgan fingerprint density at radius 3 is 2.23 bits per heavy atom. The molecule has 35 heavy (non-hydrogen) atoms. The first-order valence-corrected chi connectivity index (χ1v) is 10.9. The summed E-state index contributed by atoms with van der Waals surface area (Å²) in [4.78, 5) is 61.7. The normalized spacial score (nSPS) is 16.7. The molecule has 2 atom stereocenters. The van der Waals surface area contributed by atoms with Gasteiger partial charge in [-0.1, -0.05) is 26.0 Å². The first kappa shape index (κ1) is 27.8. The third-order valence-electron chi connectivity index (χ3n) is 5.58. The third-order valence-corrected chi connectivity index (χ3v) is 5.58. The highest BCUT2D eigenvalue weighted by atomic mass is 19.4. The van der Waals surface area contributed by atoms with Crippen molar-refractivity contribution in [2.75, 3.05) is 13.1 Å². The van der Waals surface area contributed by atoms with Crippen LogP contribution in [0.1, 0.15) is 43.5 Å². The molecule has 1 aromatic carbocycles. The van der Waals surface area contributed by atoms with Crippen molar-refractivity contribution in [3.63, 3.8) is 0 Å². The Labute approximate surface area is 199 Å². The van der Waals surface area contributed by atoms with Crippen LogP contribution in [0.2, 0.25) is 0 Å². The van der Waals surface area contributed by atoms with Gasteiger partial charge in [-0.15, -0.1) is 13.2 Å². The van der Waals surface area contributed by atoms with Gasteiger partial charge in [0.05, 0.1) is 25.1 Å². The fourth-order valence-corrected chi connectivity index (χ4v) is 3.87. The number of halogens is 3. The number of carboxylic acids is 1. The lowest BCUT2D eigenvalue weighted by atomic mass is 10.0. The van der Waals surface area contributed by atoms with Crippen molar-refractivity contribution in [3.05, 3.63) is 29.8 Å². The molecule has 3 N–H and O–H groups in total. The molecule has 1 aliphatic heterocycles. The van der Waals surface area contributed by atoms with E-state index in [1.807, 2.05) is 0 Å². The number of nitrogens with zero attached hydrogens (tertiary/aromatic N) is 1. The van der Waals surface area contributed by atoms with Gasteiger partial charge in [0, 0.05) is 12.8 Å². The number of carbonyl (C=O) groups excluding carboxylic acids is 4. The molecular weight excluding hydrogens is 475 g/mol. The Bertz CT molecular complexity index is 975. The number of benzene rings is 1. The van der Waals surface area contributed by atoms with Gasteiger partial charge < -0.3 is 20.0 Å². The second kappa shape index (κ2) is 11.3. The average molecular weight is 502 g/mol. The van der Waals surface area contributed by atoms with E-state index in [9.17, 15) is 37.1 Å². The number of nitrogens with one attached hydrogen (secondary N) is 2. The number of urea groups is 1. The van der Waals surface area contributed by atoms with E-state index >= 15 is 0 Å². The van der Waals surface area contributed by atoms with Gasteiger partial charge in [0.2, 0.25) is 0 Å². The second-order valence-corrected chi connectivity index (χ2v) is 8.49. The Morgan fingerprint density at radius 2 is 1.71 bits per heavy atom. The maximum Gasteiger partial charge on any atom is 0.573 e. The number of imide groups is 1. The molecule has 1 heterocycles. The minimum Gasteiger partial charge on any atom is -0.481 e. The molecule has 0 bridgehead atoms. The summed E-state index contributed by atoms with van der Waals surface area (Å²) in [5, 5.41) is 13.6. The van der Waals surface area contributed by atoms with E-state index < -0.39 is 70.4 Å². The number of hydrogen-bond acceptors (Lipinski definition) is 6. The predicted molar refractivity (Wildman–Crippen MR) is 114 cm³/mol. The molecule has 1 aromatic rings. The molecule has 10 nitrogen and oxygen atoms in total. The molecule has 1 saturated heterocycles. The quantitative estimate of drug-likeness (QED) is 0.348. The molecule has 0 saturated carbocycles. The van der Waals surface area contributed by atoms with Crippen LogP contribution in [0.4, 0.5) is 18.0 Å². The lowest BCUT2D eigenvalue weighted by Crippen LogP contribution is -2.66. The van der Waals surface area contributed by atoms with E-state index in [4.69, 9.17) is 5.11 Å². The standard InChI is InChI=1S/C22H26F3N3O7/c1-13(2)18(27-19(32)15-7-3-4-8-16(15)35-22(23,24)25)20(33)28(9-5-6-10-28)21(34)26-14(12-29)11-17(30)31/h3-4,7-8,12-14,18H,5-6,9-11H2,1-2H3,(H2-,26,27,30,31,32,34)/p+1/t14-,18-/m0/s1. The predicted octanol–water partition coefficient (Wildman–Crippen LogP) is 2.23. The molecule has 0 radical (unpaired) electrons. The second-order valence-electron chi connectivity index (χ2n) is 8.49. The van der Waals surface area contributed by atoms with Crippen LogP contribution in [0.25, 0.3) is 0 Å². The lowest BCUT2D eigenvalue weighted by molar-refractivity contribution is -0.761. The number of aliphatic carboxylic acids is 1. The van der Waals surface area contributed by atoms with Crippen LogP contribution in [0.3, 0.4) is 0 Å². The van der Waals surface area contributed by atoms with E-state index in [1.165, 1.54) is 12.1 Å². The van der Waals surface area contributed by atoms with Gasteiger partial charge in [-0.05, 0) is 18.1 Å². The Morgan fingerprint density at radius 1 is 1.11 bits per heavy atom. The first-order chi connectivity index (χ1) is 16.3. The highest BCUT2D eigenvalue weighted by Gasteiger charge is 2.52. The molecule has 0 aromatic heterocycles. The summed E-state index contributed by atoms with van der Waals surface area (Å²) in [6, 6.07) is 1.12. The first-order valence-electron chi connectivity index (χ1n) is 10.9. The lowest BCUT2D eigenvalue weighted by Gasteiger charge is -2.33. The minimum atomic E-state index is -5.04. The van der Waals surface area contributed by atoms with Crippen molar-refractivity contribution in [2.24, 2.45) is 5.92 Å². The van der Waals surface area contributed by atoms with Gasteiger partial charge in [0.1, 0.15) is 24.1 Å². The number of para-hydroxylation sites is 1. The Balaban J connectivity index is 2.32. The third kappa shape index (κ3) is 7.01. The summed E-state index contributed by atoms with van der Waals surface area (Å²) in [5.74, 6) is -4.37. The van der Waals surface area contributed by atoms with Gasteiger partial charge in [-0.2, -0.15) is 4.48 Å². The highest BCUT2D eigenvalue weighted by Crippen LogP contribution is 2.28. The molecule has 0 spiro atoms. The van der Waals surface area contributed by atoms with Crippen molar-refractivity contribution in [1.29, 1.82) is 0 Å². The van der Waals surface area contributed by atoms with E-state index in [0.717, 1.165) is 12.1 Å². The van der Waals surface area contributed by atoms with Gasteiger partial charge in [-0.3, -0.25) is 14.9 Å². The fraction of sp³-hybridized carbons (Fsp3) is 0.500. The van der Waals surface area contributed by atoms with Gasteiger partial charge in [0.25, 0.3) is 5.91 Å². The zero-order valence-corrected chi connectivity index (χ0v) is 19.1. The molecule has 192 valence electrons. The topological polar surface area (TPSA) is 139 Å². The number of aldehydes is 1. The summed E-state index contributed by atoms with van der Waals surface area (Å²) in [7, 11) is 0. The zero-order chi connectivity index (χ0) is 26.4. The largest absolute Gasteiger partial charge is 0.573 e. The summed E-state index contributed by atoms with van der Waals surface area (Å²) >= 11 is 0. The summed E-state index contributed by atoms with van der Waals surface area (Å²) in [6.07, 6.45) is -4.51. The van der Waals surface area contributed by atoms with Crippen LogP contribution in [0.5, 0.6) is 5.75 Å². The number of alkyl halides is 3. The summed E-state index contributed by atoms with van der Waals surface area (Å²) in [5.41, 5.74) is -0.455. The van der Waals surface area contributed by atoms with Crippen molar-refractivity contribution in [3.8, 4) is 5.75 Å². The fourth-order valence-electron chi connectivity index (χ4n) is 3.87. The highest BCUT2D eigenvalue weighted by molar-refractivity contribution is 6.00. The Kier molecular flexibility index (Phi) is 8.96. The number of hydrogen-bond donors (Lipinski definition) is 3. The van der Waals surface area contributed by atoms with Crippen LogP contribution >= 0.6 is 0 Å². The number of amides is 4. The van der Waals surface area contributed by atoms with Crippen molar-refractivity contribution < 1.29 is 51.5 Å². The summed E-state index contributed by atoms with van der Waals surface area (Å²) < 4.78 is 41.4. The number of rotatable bonds is 9. The summed E-state index contributed by atoms with van der Waals surface area (Å²) in [6.45, 7) is 3.28. The van der Waals surface area contributed by atoms with Crippen molar-refractivity contribution >= 4 is 30.1 Å². The maximum atomic E-state index is 13.6. The van der Waals surface area contributed by atoms with E-state index in [-0.39, 0.29) is 19.4 Å². The number of carboxylic acid groups (broad SMARTS) is 1. The van der Waals surface area contributed by atoms with E-state index in [0.29, 0.717) is 12.8 Å². The molecule has 13 heteroatoms. The van der Waals surface area contributed by atoms with Crippen LogP contribution in [-0.2, 0) is 14.4 Å². The molecule has 0 unspecified atom stereocenters. The number of carbonyl (C=O) groups is 5. The zero-order valence-electron chi connectivity index (χ0n) is 19.1. The van der Waals surface area contributed by atoms with Crippen LogP contribution in [0.15, 0.2) is 24.3 Å². The van der Waals surface area contributed by atoms with Crippen molar-refractivity contribution in [2.45, 2.75) is 51.6 Å². The van der Waals surface area contributed by atoms with E-state index in [2.05, 4.69) is 15.4 Å². The molecule has 4 amide bonds. The van der Waals surface area contributed by atoms with E-state index in [1.54, 1.807) is 13.8 Å². The number of likely N-dealkylation sites (tertiary alicyclic amines) is 1. The SMILES string of the molecule is CC(C)[C@H](NC(=O)c1ccccc1OC(F)(F)F)C(=O)[N+]1(C(=O)N[C@H](C=O)CC(=O)O)CCCC1. The van der Waals surface area contributed by atoms with Gasteiger partial charge >= 0.3 is 24.3 Å². The van der Waals surface area contributed by atoms with Crippen LogP contribution in [0, 0.1) is 5.92 Å². The molecule has 2 rings (SSSR count). The molecule has 0 aliphatic carbocycles. The number of ether oxygens (including phenoxy) is 1. The maximum absolute atomic E-state index is 13.6. The monoisotopic (exact) mass is 502 g/mol. The average Bonchev–Trinajstić information content (AvgIpc) is 3.26. The molecule has 1 fully saturated rings. The number of quaternary nitrogens is 1.